The number of carbonyl (C=O) groups excluding carboxylic acids is 1. The van der Waals surface area contributed by atoms with Gasteiger partial charge in [0, 0.05) is 38.4 Å². The van der Waals surface area contributed by atoms with Crippen molar-refractivity contribution in [2.24, 2.45) is 0 Å². The van der Waals surface area contributed by atoms with E-state index in [2.05, 4.69) is 19.2 Å². The number of amides is 1. The molecule has 2 rings (SSSR count). The van der Waals surface area contributed by atoms with Crippen molar-refractivity contribution in [3.8, 4) is 0 Å². The Kier molecular flexibility index (Phi) is 3.29. The highest BCUT2D eigenvalue weighted by Crippen LogP contribution is 2.11. The van der Waals surface area contributed by atoms with Crippen molar-refractivity contribution < 1.29 is 4.79 Å². The van der Waals surface area contributed by atoms with Gasteiger partial charge in [-0.05, 0) is 26.0 Å². The fourth-order valence-corrected chi connectivity index (χ4v) is 2.17. The Labute approximate surface area is 96.2 Å². The molecule has 16 heavy (non-hydrogen) atoms. The molecule has 0 bridgehead atoms. The summed E-state index contributed by atoms with van der Waals surface area (Å²) in [5.41, 5.74) is 0.802. The molecule has 1 aliphatic rings. The van der Waals surface area contributed by atoms with E-state index >= 15 is 0 Å². The third-order valence-corrected chi connectivity index (χ3v) is 3.15. The van der Waals surface area contributed by atoms with E-state index < -0.39 is 0 Å². The minimum absolute atomic E-state index is 0.154. The maximum atomic E-state index is 12.3. The lowest BCUT2D eigenvalue weighted by molar-refractivity contribution is 0.0645. The zero-order valence-electron chi connectivity index (χ0n) is 9.94. The number of aromatic nitrogens is 1. The van der Waals surface area contributed by atoms with Crippen molar-refractivity contribution in [1.82, 2.24) is 14.8 Å². The number of piperazine rings is 1. The van der Waals surface area contributed by atoms with Crippen LogP contribution < -0.4 is 5.32 Å². The predicted octanol–water partition coefficient (Wildman–Crippen LogP) is 0.942. The van der Waals surface area contributed by atoms with Gasteiger partial charge < -0.3 is 14.8 Å². The summed E-state index contributed by atoms with van der Waals surface area (Å²) in [6, 6.07) is 4.12. The van der Waals surface area contributed by atoms with Crippen molar-refractivity contribution in [3.05, 3.63) is 24.0 Å². The highest BCUT2D eigenvalue weighted by molar-refractivity contribution is 5.93. The molecule has 2 heterocycles. The molecule has 0 aromatic carbocycles. The fraction of sp³-hybridized carbons (Fsp3) is 0.583. The normalized spacial score (nSPS) is 21.1. The smallest absolute Gasteiger partial charge is 0.270 e. The maximum absolute atomic E-state index is 12.3. The second-order valence-corrected chi connectivity index (χ2v) is 4.23. The second kappa shape index (κ2) is 4.70. The lowest BCUT2D eigenvalue weighted by Gasteiger charge is -2.34. The molecule has 1 fully saturated rings. The van der Waals surface area contributed by atoms with Gasteiger partial charge in [0.25, 0.3) is 5.91 Å². The Balaban J connectivity index is 2.17. The zero-order valence-corrected chi connectivity index (χ0v) is 9.94. The van der Waals surface area contributed by atoms with E-state index in [1.165, 1.54) is 0 Å². The molecule has 1 aromatic heterocycles. The minimum atomic E-state index is 0.154. The Bertz CT molecular complexity index is 372. The average molecular weight is 221 g/mol. The molecular formula is C12H19N3O. The van der Waals surface area contributed by atoms with Crippen LogP contribution in [-0.4, -0.2) is 41.1 Å². The SMILES string of the molecule is CCn1cccc1C(=O)N1CCNC[C@@H]1C. The van der Waals surface area contributed by atoms with Crippen LogP contribution >= 0.6 is 0 Å². The molecule has 0 unspecified atom stereocenters. The van der Waals surface area contributed by atoms with Gasteiger partial charge >= 0.3 is 0 Å². The molecule has 0 radical (unpaired) electrons. The van der Waals surface area contributed by atoms with Crippen LogP contribution in [0.15, 0.2) is 18.3 Å². The zero-order chi connectivity index (χ0) is 11.5. The van der Waals surface area contributed by atoms with Crippen LogP contribution in [0.1, 0.15) is 24.3 Å². The van der Waals surface area contributed by atoms with Crippen LogP contribution in [-0.2, 0) is 6.54 Å². The van der Waals surface area contributed by atoms with Crippen molar-refractivity contribution >= 4 is 5.91 Å². The Morgan fingerprint density at radius 3 is 3.12 bits per heavy atom. The second-order valence-electron chi connectivity index (χ2n) is 4.23. The third kappa shape index (κ3) is 1.97. The van der Waals surface area contributed by atoms with E-state index in [1.54, 1.807) is 0 Å². The summed E-state index contributed by atoms with van der Waals surface area (Å²) >= 11 is 0. The number of aryl methyl sites for hydroxylation is 1. The molecule has 1 aliphatic heterocycles. The Morgan fingerprint density at radius 1 is 1.62 bits per heavy atom. The van der Waals surface area contributed by atoms with Crippen molar-refractivity contribution in [2.75, 3.05) is 19.6 Å². The number of rotatable bonds is 2. The van der Waals surface area contributed by atoms with E-state index in [9.17, 15) is 4.79 Å². The quantitative estimate of drug-likeness (QED) is 0.807. The van der Waals surface area contributed by atoms with Crippen molar-refractivity contribution in [1.29, 1.82) is 0 Å². The Hall–Kier alpha value is -1.29. The van der Waals surface area contributed by atoms with E-state index in [-0.39, 0.29) is 11.9 Å². The summed E-state index contributed by atoms with van der Waals surface area (Å²) in [5.74, 6) is 0.154. The van der Waals surface area contributed by atoms with Gasteiger partial charge in [0.1, 0.15) is 5.69 Å². The minimum Gasteiger partial charge on any atom is -0.344 e. The van der Waals surface area contributed by atoms with Crippen LogP contribution in [0.4, 0.5) is 0 Å². The number of hydrogen-bond donors (Lipinski definition) is 1. The monoisotopic (exact) mass is 221 g/mol. The van der Waals surface area contributed by atoms with Crippen LogP contribution in [0.2, 0.25) is 0 Å². The van der Waals surface area contributed by atoms with Gasteiger partial charge in [-0.15, -0.1) is 0 Å². The van der Waals surface area contributed by atoms with Gasteiger partial charge in [0.05, 0.1) is 0 Å². The molecule has 1 atom stereocenters. The molecule has 1 amide bonds. The van der Waals surface area contributed by atoms with Crippen molar-refractivity contribution in [3.63, 3.8) is 0 Å². The Morgan fingerprint density at radius 2 is 2.44 bits per heavy atom. The first-order chi connectivity index (χ1) is 7.74. The highest BCUT2D eigenvalue weighted by atomic mass is 16.2. The van der Waals surface area contributed by atoms with Crippen LogP contribution in [0.3, 0.4) is 0 Å². The standard InChI is InChI=1S/C12H19N3O/c1-3-14-7-4-5-11(14)12(16)15-8-6-13-9-10(15)2/h4-5,7,10,13H,3,6,8-9H2,1-2H3/t10-/m0/s1. The summed E-state index contributed by atoms with van der Waals surface area (Å²) < 4.78 is 2.00. The predicted molar refractivity (Wildman–Crippen MR) is 63.5 cm³/mol. The van der Waals surface area contributed by atoms with Gasteiger partial charge in [-0.2, -0.15) is 0 Å². The van der Waals surface area contributed by atoms with E-state index in [0.29, 0.717) is 0 Å². The first-order valence-corrected chi connectivity index (χ1v) is 5.91. The molecule has 4 nitrogen and oxygen atoms in total. The number of nitrogens with one attached hydrogen (secondary N) is 1. The van der Waals surface area contributed by atoms with Gasteiger partial charge in [0.15, 0.2) is 0 Å². The van der Waals surface area contributed by atoms with Crippen LogP contribution in [0.25, 0.3) is 0 Å². The average Bonchev–Trinajstić information content (AvgIpc) is 2.77. The lowest BCUT2D eigenvalue weighted by Crippen LogP contribution is -2.52. The maximum Gasteiger partial charge on any atom is 0.270 e. The van der Waals surface area contributed by atoms with Crippen LogP contribution in [0, 0.1) is 0 Å². The molecule has 0 aliphatic carbocycles. The fourth-order valence-electron chi connectivity index (χ4n) is 2.17. The molecule has 1 saturated heterocycles. The van der Waals surface area contributed by atoms with Gasteiger partial charge in [0.2, 0.25) is 0 Å². The molecule has 1 aromatic rings. The summed E-state index contributed by atoms with van der Waals surface area (Å²) in [7, 11) is 0. The number of hydrogen-bond acceptors (Lipinski definition) is 2. The molecular weight excluding hydrogens is 202 g/mol. The number of carbonyl (C=O) groups is 1. The molecule has 0 saturated carbocycles. The summed E-state index contributed by atoms with van der Waals surface area (Å²) in [4.78, 5) is 14.3. The van der Waals surface area contributed by atoms with E-state index in [0.717, 1.165) is 31.9 Å². The molecule has 4 heteroatoms. The molecule has 88 valence electrons. The van der Waals surface area contributed by atoms with Crippen molar-refractivity contribution in [2.45, 2.75) is 26.4 Å². The topological polar surface area (TPSA) is 37.3 Å². The summed E-state index contributed by atoms with van der Waals surface area (Å²) in [6.07, 6.45) is 1.96. The van der Waals surface area contributed by atoms with Gasteiger partial charge in [-0.1, -0.05) is 0 Å². The van der Waals surface area contributed by atoms with Crippen LogP contribution in [0.5, 0.6) is 0 Å². The third-order valence-electron chi connectivity index (χ3n) is 3.15. The first kappa shape index (κ1) is 11.2. The molecule has 1 N–H and O–H groups in total. The van der Waals surface area contributed by atoms with E-state index in [1.807, 2.05) is 27.8 Å². The van der Waals surface area contributed by atoms with Gasteiger partial charge in [-0.25, -0.2) is 0 Å². The lowest BCUT2D eigenvalue weighted by atomic mass is 10.2. The largest absolute Gasteiger partial charge is 0.344 e. The number of nitrogens with zero attached hydrogens (tertiary/aromatic N) is 2. The van der Waals surface area contributed by atoms with Gasteiger partial charge in [-0.3, -0.25) is 4.79 Å². The summed E-state index contributed by atoms with van der Waals surface area (Å²) in [6.45, 7) is 7.56. The summed E-state index contributed by atoms with van der Waals surface area (Å²) in [5, 5.41) is 3.29. The highest BCUT2D eigenvalue weighted by Gasteiger charge is 2.25. The first-order valence-electron chi connectivity index (χ1n) is 5.91. The van der Waals surface area contributed by atoms with E-state index in [4.69, 9.17) is 0 Å². The molecule has 0 spiro atoms.